The Morgan fingerprint density at radius 3 is 1.40 bits per heavy atom. The molecular weight excluding hydrogens is 277 g/mol. The van der Waals surface area contributed by atoms with E-state index in [-0.39, 0.29) is 6.92 Å². The molecule has 0 aliphatic carbocycles. The molecule has 0 aromatic carbocycles. The van der Waals surface area contributed by atoms with Crippen molar-refractivity contribution >= 4 is 0 Å². The summed E-state index contributed by atoms with van der Waals surface area (Å²) in [4.78, 5) is 0. The van der Waals surface area contributed by atoms with E-state index in [2.05, 4.69) is 0 Å². The monoisotopic (exact) mass is 281 g/mol. The molecule has 0 heterocycles. The van der Waals surface area contributed by atoms with E-state index in [9.17, 15) is 21.8 Å². The predicted octanol–water partition coefficient (Wildman–Crippen LogP) is -0.249. The van der Waals surface area contributed by atoms with Gasteiger partial charge in [0, 0.05) is 0 Å². The van der Waals surface area contributed by atoms with Crippen LogP contribution >= 0.6 is 0 Å². The summed E-state index contributed by atoms with van der Waals surface area (Å²) in [6, 6.07) is 0. The summed E-state index contributed by atoms with van der Waals surface area (Å²) in [7, 11) is 0. The Bertz CT molecular complexity index is 97.1. The van der Waals surface area contributed by atoms with Gasteiger partial charge in [0.25, 0.3) is 0 Å². The van der Waals surface area contributed by atoms with Gasteiger partial charge in [-0.3, -0.25) is 0 Å². The van der Waals surface area contributed by atoms with Crippen LogP contribution in [0.2, 0.25) is 0 Å². The zero-order valence-corrected chi connectivity index (χ0v) is 6.88. The third kappa shape index (κ3) is 2.93. The minimum absolute atomic E-state index is 0.163. The van der Waals surface area contributed by atoms with Gasteiger partial charge in [0.15, 0.2) is 0 Å². The Morgan fingerprint density at radius 1 is 1.10 bits per heavy atom. The Labute approximate surface area is 59.4 Å². The third-order valence-corrected chi connectivity index (χ3v) is 3.65. The van der Waals surface area contributed by atoms with Gasteiger partial charge in [-0.25, -0.2) is 0 Å². The molecule has 66 valence electrons. The summed E-state index contributed by atoms with van der Waals surface area (Å²) >= 11 is -6.92. The molecule has 1 atom stereocenters. The third-order valence-electron chi connectivity index (χ3n) is 0.822. The molecule has 0 aliphatic rings. The molecule has 0 saturated heterocycles. The average molecular weight is 281 g/mol. The molecule has 0 saturated carbocycles. The van der Waals surface area contributed by atoms with Gasteiger partial charge in [-0.1, -0.05) is 0 Å². The summed E-state index contributed by atoms with van der Waals surface area (Å²) in [6.45, 7) is 0.163. The maximum atomic E-state index is 11.4. The molecule has 0 bridgehead atoms. The van der Waals surface area contributed by atoms with Gasteiger partial charge in [-0.15, -0.1) is 0 Å². The summed E-state index contributed by atoms with van der Waals surface area (Å²) in [6.07, 6.45) is -5.10. The molecule has 7 heteroatoms. The topological polar surface area (TPSA) is 0 Å². The van der Waals surface area contributed by atoms with Crippen molar-refractivity contribution in [2.45, 2.75) is 17.0 Å². The van der Waals surface area contributed by atoms with Gasteiger partial charge in [0.1, 0.15) is 0 Å². The number of rotatable bonds is 1. The van der Waals surface area contributed by atoms with Crippen LogP contribution in [-0.2, 0) is 0 Å². The van der Waals surface area contributed by atoms with Crippen molar-refractivity contribution in [1.82, 2.24) is 0 Å². The van der Waals surface area contributed by atoms with Crippen LogP contribution in [0.5, 0.6) is 0 Å². The van der Waals surface area contributed by atoms with Crippen LogP contribution < -0.4 is 20.2 Å². The molecule has 0 aromatic rings. The van der Waals surface area contributed by atoms with Crippen LogP contribution in [0, 0.1) is 0 Å². The van der Waals surface area contributed by atoms with Crippen LogP contribution in [-0.4, -0.2) is 10.1 Å². The first-order chi connectivity index (χ1) is 4.15. The first-order valence-electron chi connectivity index (χ1n) is 2.08. The molecule has 0 aromatic heterocycles. The van der Waals surface area contributed by atoms with Crippen molar-refractivity contribution < 1.29 is 41.9 Å². The molecule has 0 spiro atoms. The Morgan fingerprint density at radius 2 is 1.40 bits per heavy atom. The fourth-order valence-electron chi connectivity index (χ4n) is 0.140. The SMILES string of the molecule is CC(C(F)(F)F)[I-](F)(F)F. The van der Waals surface area contributed by atoms with E-state index < -0.39 is 30.3 Å². The Balaban J connectivity index is 4.23. The number of hydrogen-bond donors (Lipinski definition) is 0. The Hall–Kier alpha value is 0.310. The zero-order valence-electron chi connectivity index (χ0n) is 4.72. The molecule has 0 nitrogen and oxygen atoms in total. The number of halogens is 7. The molecule has 0 N–H and O–H groups in total. The van der Waals surface area contributed by atoms with Crippen LogP contribution in [0.15, 0.2) is 0 Å². The van der Waals surface area contributed by atoms with Gasteiger partial charge in [0.2, 0.25) is 0 Å². The van der Waals surface area contributed by atoms with E-state index in [1.165, 1.54) is 0 Å². The second kappa shape index (κ2) is 2.74. The molecule has 10 heavy (non-hydrogen) atoms. The molecule has 0 amide bonds. The van der Waals surface area contributed by atoms with Gasteiger partial charge in [-0.2, -0.15) is 0 Å². The summed E-state index contributed by atoms with van der Waals surface area (Å²) < 4.78 is 65.0. The zero-order chi connectivity index (χ0) is 8.58. The molecule has 1 unspecified atom stereocenters. The minimum atomic E-state index is -6.92. The van der Waals surface area contributed by atoms with E-state index in [1.54, 1.807) is 0 Å². The summed E-state index contributed by atoms with van der Waals surface area (Å²) in [5.74, 6) is 0. The van der Waals surface area contributed by atoms with E-state index in [4.69, 9.17) is 0 Å². The second-order valence-electron chi connectivity index (χ2n) is 1.57. The fourth-order valence-corrected chi connectivity index (χ4v) is 0.941. The van der Waals surface area contributed by atoms with Crippen LogP contribution in [0.4, 0.5) is 21.8 Å². The van der Waals surface area contributed by atoms with E-state index >= 15 is 0 Å². The van der Waals surface area contributed by atoms with Gasteiger partial charge in [0.05, 0.1) is 0 Å². The number of hydrogen-bond acceptors (Lipinski definition) is 0. The molecule has 0 radical (unpaired) electrons. The van der Waals surface area contributed by atoms with Crippen molar-refractivity contribution in [3.8, 4) is 0 Å². The normalized spacial score (nSPS) is 18.7. The quantitative estimate of drug-likeness (QED) is 0.353. The van der Waals surface area contributed by atoms with Crippen LogP contribution in [0.25, 0.3) is 0 Å². The van der Waals surface area contributed by atoms with Crippen molar-refractivity contribution in [3.63, 3.8) is 0 Å². The van der Waals surface area contributed by atoms with Crippen molar-refractivity contribution in [1.29, 1.82) is 0 Å². The first-order valence-corrected chi connectivity index (χ1v) is 5.77. The van der Waals surface area contributed by atoms with Crippen LogP contribution in [0.1, 0.15) is 6.92 Å². The van der Waals surface area contributed by atoms with Gasteiger partial charge in [-0.05, 0) is 0 Å². The standard InChI is InChI=1S/C3H4F6I/c1-2(3(4,5)6)10(7,8)9/h2H,1H3/q-1. The van der Waals surface area contributed by atoms with Crippen molar-refractivity contribution in [3.05, 3.63) is 0 Å². The number of alkyl halides is 4. The van der Waals surface area contributed by atoms with Crippen molar-refractivity contribution in [2.75, 3.05) is 0 Å². The predicted molar refractivity (Wildman–Crippen MR) is 18.8 cm³/mol. The average Bonchev–Trinajstić information content (AvgIpc) is 1.59. The molecular formula is C3H4F6I-. The molecule has 0 aliphatic heterocycles. The van der Waals surface area contributed by atoms with E-state index in [0.717, 1.165) is 0 Å². The summed E-state index contributed by atoms with van der Waals surface area (Å²) in [5.41, 5.74) is 0. The van der Waals surface area contributed by atoms with Crippen LogP contribution in [0.3, 0.4) is 0 Å². The summed E-state index contributed by atoms with van der Waals surface area (Å²) in [5, 5.41) is 0. The van der Waals surface area contributed by atoms with Gasteiger partial charge < -0.3 is 0 Å². The van der Waals surface area contributed by atoms with E-state index in [1.807, 2.05) is 0 Å². The maximum absolute atomic E-state index is 11.4. The van der Waals surface area contributed by atoms with Crippen molar-refractivity contribution in [2.24, 2.45) is 0 Å². The van der Waals surface area contributed by atoms with E-state index in [0.29, 0.717) is 0 Å². The van der Waals surface area contributed by atoms with Gasteiger partial charge >= 0.3 is 58.9 Å². The first kappa shape index (κ1) is 10.3. The fraction of sp³-hybridized carbons (Fsp3) is 1.00. The second-order valence-corrected chi connectivity index (χ2v) is 5.77. The Kier molecular flexibility index (Phi) is 2.83. The molecule has 0 rings (SSSR count). The molecule has 0 fully saturated rings.